The van der Waals surface area contributed by atoms with Crippen LogP contribution in [0.3, 0.4) is 0 Å². The second kappa shape index (κ2) is 12.2. The Bertz CT molecular complexity index is 1440. The van der Waals surface area contributed by atoms with E-state index in [0.29, 0.717) is 36.1 Å². The van der Waals surface area contributed by atoms with Gasteiger partial charge in [-0.15, -0.1) is 11.8 Å². The van der Waals surface area contributed by atoms with Gasteiger partial charge in [0.2, 0.25) is 11.8 Å². The number of fused-ring (bicyclic) bond motifs is 1. The van der Waals surface area contributed by atoms with Crippen LogP contribution in [0.15, 0.2) is 114 Å². The van der Waals surface area contributed by atoms with Gasteiger partial charge in [0.15, 0.2) is 11.5 Å². The molecule has 1 aliphatic heterocycles. The van der Waals surface area contributed by atoms with Gasteiger partial charge in [0, 0.05) is 28.4 Å². The number of ether oxygens (including phenoxy) is 2. The van der Waals surface area contributed by atoms with Crippen molar-refractivity contribution in [2.75, 3.05) is 23.8 Å². The number of rotatable bonds is 8. The lowest BCUT2D eigenvalue weighted by molar-refractivity contribution is -0.116. The molecule has 0 spiro atoms. The molecule has 0 fully saturated rings. The molecule has 0 radical (unpaired) electrons. The minimum absolute atomic E-state index is 0.168. The zero-order valence-electron chi connectivity index (χ0n) is 20.5. The van der Waals surface area contributed by atoms with Gasteiger partial charge in [-0.1, -0.05) is 66.7 Å². The molecule has 5 rings (SSSR count). The molecule has 0 saturated carbocycles. The molecule has 38 heavy (non-hydrogen) atoms. The minimum Gasteiger partial charge on any atom is -0.486 e. The maximum atomic E-state index is 13.5. The van der Waals surface area contributed by atoms with E-state index in [4.69, 9.17) is 9.47 Å². The largest absolute Gasteiger partial charge is 0.486 e. The molecule has 4 aromatic rings. The van der Waals surface area contributed by atoms with Gasteiger partial charge in [-0.05, 0) is 47.5 Å². The highest BCUT2D eigenvalue weighted by Gasteiger charge is 2.23. The van der Waals surface area contributed by atoms with E-state index in [9.17, 15) is 9.59 Å². The molecular weight excluding hydrogens is 496 g/mol. The maximum Gasteiger partial charge on any atom is 0.248 e. The second-order valence-corrected chi connectivity index (χ2v) is 9.70. The van der Waals surface area contributed by atoms with Gasteiger partial charge in [0.1, 0.15) is 18.5 Å². The number of carbonyl (C=O) groups excluding carboxylic acids is 2. The molecule has 2 amide bonds. The quantitative estimate of drug-likeness (QED) is 0.202. The Hall–Kier alpha value is -4.49. The number of thioether (sulfide) groups is 1. The second-order valence-electron chi connectivity index (χ2n) is 8.52. The summed E-state index contributed by atoms with van der Waals surface area (Å²) in [5.41, 5.74) is 3.10. The molecule has 0 aromatic heterocycles. The zero-order valence-corrected chi connectivity index (χ0v) is 21.3. The first-order chi connectivity index (χ1) is 18.6. The van der Waals surface area contributed by atoms with E-state index in [1.165, 1.54) is 17.8 Å². The normalized spacial score (nSPS) is 13.1. The fraction of sp³-hybridized carbons (Fsp3) is 0.0968. The van der Waals surface area contributed by atoms with Crippen molar-refractivity contribution >= 4 is 41.0 Å². The molecule has 1 unspecified atom stereocenters. The Morgan fingerprint density at radius 2 is 1.45 bits per heavy atom. The van der Waals surface area contributed by atoms with Gasteiger partial charge in [-0.3, -0.25) is 9.59 Å². The van der Waals surface area contributed by atoms with Gasteiger partial charge in [-0.2, -0.15) is 0 Å². The Morgan fingerprint density at radius 3 is 2.24 bits per heavy atom. The van der Waals surface area contributed by atoms with Crippen LogP contribution in [0, 0.1) is 0 Å². The molecule has 7 heteroatoms. The molecular formula is C31H26N2O4S. The van der Waals surface area contributed by atoms with Gasteiger partial charge in [-0.25, -0.2) is 0 Å². The van der Waals surface area contributed by atoms with Crippen molar-refractivity contribution in [3.63, 3.8) is 0 Å². The van der Waals surface area contributed by atoms with E-state index < -0.39 is 5.25 Å². The molecule has 1 atom stereocenters. The first-order valence-electron chi connectivity index (χ1n) is 12.2. The maximum absolute atomic E-state index is 13.5. The highest BCUT2D eigenvalue weighted by atomic mass is 32.2. The highest BCUT2D eigenvalue weighted by Crippen LogP contribution is 2.38. The fourth-order valence-corrected chi connectivity index (χ4v) is 5.02. The Morgan fingerprint density at radius 1 is 0.737 bits per heavy atom. The monoisotopic (exact) mass is 522 g/mol. The average Bonchev–Trinajstić information content (AvgIpc) is 2.96. The number of hydrogen-bond acceptors (Lipinski definition) is 5. The number of carbonyl (C=O) groups is 2. The van der Waals surface area contributed by atoms with Crippen LogP contribution in [0.2, 0.25) is 0 Å². The van der Waals surface area contributed by atoms with Crippen LogP contribution in [0.5, 0.6) is 11.5 Å². The number of amides is 2. The lowest BCUT2D eigenvalue weighted by Gasteiger charge is -2.20. The van der Waals surface area contributed by atoms with Crippen LogP contribution in [0.1, 0.15) is 16.4 Å². The summed E-state index contributed by atoms with van der Waals surface area (Å²) in [6.07, 6.45) is 3.27. The topological polar surface area (TPSA) is 76.7 Å². The van der Waals surface area contributed by atoms with Crippen molar-refractivity contribution in [3.8, 4) is 11.5 Å². The van der Waals surface area contributed by atoms with Crippen LogP contribution < -0.4 is 20.1 Å². The third-order valence-corrected chi connectivity index (χ3v) is 6.98. The number of benzene rings is 4. The lowest BCUT2D eigenvalue weighted by Crippen LogP contribution is -2.20. The molecule has 2 N–H and O–H groups in total. The molecule has 6 nitrogen and oxygen atoms in total. The summed E-state index contributed by atoms with van der Waals surface area (Å²) in [5, 5.41) is 5.39. The van der Waals surface area contributed by atoms with Gasteiger partial charge < -0.3 is 20.1 Å². The molecule has 0 bridgehead atoms. The summed E-state index contributed by atoms with van der Waals surface area (Å²) in [5.74, 6) is 0.883. The summed E-state index contributed by atoms with van der Waals surface area (Å²) in [7, 11) is 0. The smallest absolute Gasteiger partial charge is 0.248 e. The number of anilines is 2. The number of nitrogens with one attached hydrogen (secondary N) is 2. The summed E-state index contributed by atoms with van der Waals surface area (Å²) < 4.78 is 11.2. The summed E-state index contributed by atoms with van der Waals surface area (Å²) in [6.45, 7) is 0.982. The number of hydrogen-bond donors (Lipinski definition) is 2. The Kier molecular flexibility index (Phi) is 8.06. The third-order valence-electron chi connectivity index (χ3n) is 5.73. The van der Waals surface area contributed by atoms with E-state index in [1.54, 1.807) is 24.3 Å². The lowest BCUT2D eigenvalue weighted by atomic mass is 10.1. The van der Waals surface area contributed by atoms with Crippen LogP contribution in [-0.4, -0.2) is 25.0 Å². The summed E-state index contributed by atoms with van der Waals surface area (Å²) in [4.78, 5) is 26.8. The van der Waals surface area contributed by atoms with E-state index >= 15 is 0 Å². The third kappa shape index (κ3) is 6.63. The van der Waals surface area contributed by atoms with E-state index in [2.05, 4.69) is 10.6 Å². The van der Waals surface area contributed by atoms with Crippen molar-refractivity contribution in [2.45, 2.75) is 10.1 Å². The van der Waals surface area contributed by atoms with Gasteiger partial charge in [0.05, 0.1) is 0 Å². The minimum atomic E-state index is -0.520. The van der Waals surface area contributed by atoms with Crippen LogP contribution in [0.4, 0.5) is 11.4 Å². The summed E-state index contributed by atoms with van der Waals surface area (Å²) >= 11 is 1.41. The van der Waals surface area contributed by atoms with Crippen molar-refractivity contribution in [3.05, 3.63) is 120 Å². The Balaban J connectivity index is 1.30. The molecule has 4 aromatic carbocycles. The van der Waals surface area contributed by atoms with Crippen molar-refractivity contribution in [1.29, 1.82) is 0 Å². The highest BCUT2D eigenvalue weighted by molar-refractivity contribution is 8.00. The first-order valence-corrected chi connectivity index (χ1v) is 13.1. The van der Waals surface area contributed by atoms with E-state index in [1.807, 2.05) is 84.9 Å². The SMILES string of the molecule is O=C(/C=C/c1ccccc1)Nc1cccc(SC(C(=O)Nc2ccc3c(c2)OCCO3)c2ccccc2)c1. The predicted molar refractivity (Wildman–Crippen MR) is 152 cm³/mol. The molecule has 0 saturated heterocycles. The fourth-order valence-electron chi connectivity index (χ4n) is 3.93. The zero-order chi connectivity index (χ0) is 26.2. The van der Waals surface area contributed by atoms with Gasteiger partial charge in [0.25, 0.3) is 0 Å². The summed E-state index contributed by atoms with van der Waals surface area (Å²) in [6, 6.07) is 32.1. The average molecular weight is 523 g/mol. The Labute approximate surface area is 225 Å². The molecule has 190 valence electrons. The van der Waals surface area contributed by atoms with E-state index in [-0.39, 0.29) is 11.8 Å². The van der Waals surface area contributed by atoms with Crippen LogP contribution in [-0.2, 0) is 9.59 Å². The standard InChI is InChI=1S/C31H26N2O4S/c34-29(17-14-22-8-3-1-4-9-22)32-24-12-7-13-26(20-24)38-30(23-10-5-2-6-11-23)31(35)33-25-15-16-27-28(21-25)37-19-18-36-27/h1-17,20-21,30H,18-19H2,(H,32,34)(H,33,35)/b17-14+. The molecule has 0 aliphatic carbocycles. The van der Waals surface area contributed by atoms with Gasteiger partial charge >= 0.3 is 0 Å². The first kappa shape index (κ1) is 25.2. The van der Waals surface area contributed by atoms with Crippen molar-refractivity contribution in [1.82, 2.24) is 0 Å². The predicted octanol–water partition coefficient (Wildman–Crippen LogP) is 6.58. The van der Waals surface area contributed by atoms with Crippen molar-refractivity contribution < 1.29 is 19.1 Å². The van der Waals surface area contributed by atoms with Crippen molar-refractivity contribution in [2.24, 2.45) is 0 Å². The van der Waals surface area contributed by atoms with Crippen LogP contribution in [0.25, 0.3) is 6.08 Å². The molecule has 1 heterocycles. The molecule has 1 aliphatic rings. The van der Waals surface area contributed by atoms with Crippen LogP contribution >= 0.6 is 11.8 Å². The van der Waals surface area contributed by atoms with E-state index in [0.717, 1.165) is 16.0 Å².